The van der Waals surface area contributed by atoms with Crippen molar-refractivity contribution in [1.82, 2.24) is 0 Å². The van der Waals surface area contributed by atoms with Crippen LogP contribution in [0, 0.1) is 11.8 Å². The third kappa shape index (κ3) is 42.2. The summed E-state index contributed by atoms with van der Waals surface area (Å²) in [6, 6.07) is 0. The Bertz CT molecular complexity index is 613. The predicted molar refractivity (Wildman–Crippen MR) is 211 cm³/mol. The zero-order valence-electron chi connectivity index (χ0n) is 34.1. The zero-order valence-corrected chi connectivity index (χ0v) is 35.6. The lowest BCUT2D eigenvalue weighted by Crippen LogP contribution is -3.00. The molecule has 290 valence electrons. The molecule has 0 radical (unpaired) electrons. The minimum Gasteiger partial charge on any atom is -1.00 e. The summed E-state index contributed by atoms with van der Waals surface area (Å²) in [5, 5.41) is 0. The van der Waals surface area contributed by atoms with Gasteiger partial charge in [-0.25, -0.2) is 0 Å². The van der Waals surface area contributed by atoms with E-state index in [-0.39, 0.29) is 24.8 Å². The molecule has 0 saturated carbocycles. The van der Waals surface area contributed by atoms with Crippen LogP contribution in [0.5, 0.6) is 0 Å². The van der Waals surface area contributed by atoms with Gasteiger partial charge in [-0.3, -0.25) is 0 Å². The van der Waals surface area contributed by atoms with Gasteiger partial charge in [-0.1, -0.05) is 194 Å². The molecule has 0 aromatic carbocycles. The van der Waals surface area contributed by atoms with Crippen molar-refractivity contribution in [2.24, 2.45) is 0 Å². The van der Waals surface area contributed by atoms with Crippen LogP contribution in [0.3, 0.4) is 0 Å². The number of quaternary nitrogens is 2. The SMILES string of the molecule is CCCCCCCCCCCCCCCCCC[N+](C)(C)CC#CC[N+](C)(C)CCCCCCCCCCCCCCCCCC.[Cl-].[Cl-]. The van der Waals surface area contributed by atoms with Gasteiger partial charge in [0.2, 0.25) is 0 Å². The molecule has 0 unspecified atom stereocenters. The van der Waals surface area contributed by atoms with Crippen molar-refractivity contribution in [2.45, 2.75) is 219 Å². The molecule has 0 aromatic rings. The van der Waals surface area contributed by atoms with E-state index in [9.17, 15) is 0 Å². The van der Waals surface area contributed by atoms with Crippen LogP contribution in [-0.2, 0) is 0 Å². The van der Waals surface area contributed by atoms with Crippen LogP contribution in [0.4, 0.5) is 0 Å². The van der Waals surface area contributed by atoms with E-state index < -0.39 is 0 Å². The fraction of sp³-hybridized carbons (Fsp3) is 0.955. The molecule has 0 amide bonds. The summed E-state index contributed by atoms with van der Waals surface area (Å²) in [5.74, 6) is 7.10. The fourth-order valence-corrected chi connectivity index (χ4v) is 6.87. The summed E-state index contributed by atoms with van der Waals surface area (Å²) in [6.07, 6.45) is 46.2. The number of rotatable bonds is 36. The summed E-state index contributed by atoms with van der Waals surface area (Å²) in [5.41, 5.74) is 0. The summed E-state index contributed by atoms with van der Waals surface area (Å²) < 4.78 is 2.11. The molecule has 0 aromatic heterocycles. The molecule has 0 atom stereocenters. The molecular formula is C44H90Cl2N2. The first kappa shape index (κ1) is 52.4. The Hall–Kier alpha value is 0.0600. The van der Waals surface area contributed by atoms with Gasteiger partial charge in [0.15, 0.2) is 0 Å². The molecule has 4 heteroatoms. The maximum absolute atomic E-state index is 3.55. The Balaban J connectivity index is -0.0000101. The van der Waals surface area contributed by atoms with Crippen molar-refractivity contribution in [2.75, 3.05) is 54.4 Å². The minimum absolute atomic E-state index is 0. The highest BCUT2D eigenvalue weighted by Gasteiger charge is 2.14. The second kappa shape index (κ2) is 39.8. The highest BCUT2D eigenvalue weighted by molar-refractivity contribution is 4.99. The first-order chi connectivity index (χ1) is 22.3. The van der Waals surface area contributed by atoms with Crippen molar-refractivity contribution >= 4 is 0 Å². The molecule has 0 aliphatic rings. The lowest BCUT2D eigenvalue weighted by Gasteiger charge is -2.28. The Kier molecular flexibility index (Phi) is 43.5. The summed E-state index contributed by atoms with van der Waals surface area (Å²) >= 11 is 0. The highest BCUT2D eigenvalue weighted by Crippen LogP contribution is 2.16. The highest BCUT2D eigenvalue weighted by atomic mass is 35.5. The molecule has 0 rings (SSSR count). The third-order valence-corrected chi connectivity index (χ3v) is 10.4. The molecule has 0 N–H and O–H groups in total. The van der Waals surface area contributed by atoms with Gasteiger partial charge in [0.25, 0.3) is 0 Å². The maximum Gasteiger partial charge on any atom is 0.140 e. The summed E-state index contributed by atoms with van der Waals surface area (Å²) in [6.45, 7) is 9.14. The first-order valence-electron chi connectivity index (χ1n) is 21.4. The first-order valence-corrected chi connectivity index (χ1v) is 21.4. The maximum atomic E-state index is 3.55. The van der Waals surface area contributed by atoms with Crippen LogP contribution in [0.15, 0.2) is 0 Å². The molecule has 0 bridgehead atoms. The van der Waals surface area contributed by atoms with Crippen LogP contribution in [0.25, 0.3) is 0 Å². The van der Waals surface area contributed by atoms with E-state index in [1.165, 1.54) is 219 Å². The molecule has 0 aliphatic heterocycles. The third-order valence-electron chi connectivity index (χ3n) is 10.4. The van der Waals surface area contributed by atoms with Gasteiger partial charge in [-0.15, -0.1) is 0 Å². The molecule has 0 fully saturated rings. The van der Waals surface area contributed by atoms with Gasteiger partial charge in [0.05, 0.1) is 41.3 Å². The Morgan fingerprint density at radius 2 is 0.438 bits per heavy atom. The largest absolute Gasteiger partial charge is 1.00 e. The average Bonchev–Trinajstić information content (AvgIpc) is 3.02. The standard InChI is InChI=1S/C44H90N2.2ClH/c1-7-9-11-13-15-17-19-21-23-25-27-29-31-33-35-37-41-45(3,4)43-39-40-44-46(5,6)42-38-36-34-32-30-28-26-24-22-20-18-16-14-12-10-8-2;;/h7-38,41-44H2,1-6H3;2*1H/q+2;;/p-2. The molecule has 48 heavy (non-hydrogen) atoms. The van der Waals surface area contributed by atoms with E-state index in [4.69, 9.17) is 0 Å². The molecule has 0 saturated heterocycles. The lowest BCUT2D eigenvalue weighted by molar-refractivity contribution is -0.885. The Morgan fingerprint density at radius 1 is 0.271 bits per heavy atom. The second-order valence-corrected chi connectivity index (χ2v) is 16.6. The number of halogens is 2. The van der Waals surface area contributed by atoms with Crippen LogP contribution in [0.2, 0.25) is 0 Å². The molecule has 0 heterocycles. The van der Waals surface area contributed by atoms with Crippen LogP contribution in [-0.4, -0.2) is 63.3 Å². The second-order valence-electron chi connectivity index (χ2n) is 16.6. The van der Waals surface area contributed by atoms with E-state index in [2.05, 4.69) is 53.9 Å². The van der Waals surface area contributed by atoms with E-state index in [1.807, 2.05) is 0 Å². The fourth-order valence-electron chi connectivity index (χ4n) is 6.87. The molecular weight excluding hydrogens is 627 g/mol. The van der Waals surface area contributed by atoms with Crippen LogP contribution in [0.1, 0.15) is 219 Å². The number of hydrogen-bond acceptors (Lipinski definition) is 0. The van der Waals surface area contributed by atoms with E-state index >= 15 is 0 Å². The number of nitrogens with zero attached hydrogens (tertiary/aromatic N) is 2. The van der Waals surface area contributed by atoms with Gasteiger partial charge in [-0.2, -0.15) is 0 Å². The van der Waals surface area contributed by atoms with Gasteiger partial charge in [0, 0.05) is 0 Å². The van der Waals surface area contributed by atoms with Gasteiger partial charge in [-0.05, 0) is 37.5 Å². The minimum atomic E-state index is 0. The quantitative estimate of drug-likeness (QED) is 0.0355. The Labute approximate surface area is 318 Å². The van der Waals surface area contributed by atoms with Crippen LogP contribution >= 0.6 is 0 Å². The van der Waals surface area contributed by atoms with Gasteiger partial charge >= 0.3 is 0 Å². The molecule has 0 spiro atoms. The van der Waals surface area contributed by atoms with E-state index in [0.717, 1.165) is 22.1 Å². The predicted octanol–water partition coefficient (Wildman–Crippen LogP) is 7.67. The monoisotopic (exact) mass is 717 g/mol. The number of hydrogen-bond donors (Lipinski definition) is 0. The van der Waals surface area contributed by atoms with E-state index in [1.54, 1.807) is 0 Å². The van der Waals surface area contributed by atoms with Crippen molar-refractivity contribution in [1.29, 1.82) is 0 Å². The summed E-state index contributed by atoms with van der Waals surface area (Å²) in [7, 11) is 9.49. The Morgan fingerprint density at radius 3 is 0.625 bits per heavy atom. The summed E-state index contributed by atoms with van der Waals surface area (Å²) in [4.78, 5) is 0. The molecule has 2 nitrogen and oxygen atoms in total. The van der Waals surface area contributed by atoms with Crippen molar-refractivity contribution in [3.05, 3.63) is 0 Å². The van der Waals surface area contributed by atoms with Crippen molar-refractivity contribution < 1.29 is 33.8 Å². The average molecular weight is 718 g/mol. The normalized spacial score (nSPS) is 11.5. The zero-order chi connectivity index (χ0) is 33.9. The lowest BCUT2D eigenvalue weighted by atomic mass is 10.0. The molecule has 0 aliphatic carbocycles. The van der Waals surface area contributed by atoms with Crippen molar-refractivity contribution in [3.8, 4) is 11.8 Å². The smallest absolute Gasteiger partial charge is 0.140 e. The van der Waals surface area contributed by atoms with Gasteiger partial charge < -0.3 is 33.8 Å². The number of unbranched alkanes of at least 4 members (excludes halogenated alkanes) is 30. The van der Waals surface area contributed by atoms with Crippen molar-refractivity contribution in [3.63, 3.8) is 0 Å². The van der Waals surface area contributed by atoms with Gasteiger partial charge in [0.1, 0.15) is 13.1 Å². The van der Waals surface area contributed by atoms with Crippen LogP contribution < -0.4 is 24.8 Å². The topological polar surface area (TPSA) is 0 Å². The van der Waals surface area contributed by atoms with E-state index in [0.29, 0.717) is 0 Å².